The second kappa shape index (κ2) is 18.6. The van der Waals surface area contributed by atoms with Crippen molar-refractivity contribution < 1.29 is 38.4 Å². The molecule has 230 valence electrons. The molecule has 0 fully saturated rings. The zero-order valence-electron chi connectivity index (χ0n) is 24.7. The highest BCUT2D eigenvalue weighted by atomic mass is 16.6. The van der Waals surface area contributed by atoms with Gasteiger partial charge in [-0.05, 0) is 84.8 Å². The standard InChI is InChI=1S/C36H38O8/c1-3-35(39)43-23-7-5-4-6-22-41-32-19-15-31(16-20-32)34(38)21-10-28-8-11-29(12-9-28)30-13-17-33(18-14-30)42-24-25-44-36(40)27(2)26-37/h3,8-21,37H,1-2,4-7,22-26H2/b21-10+. The summed E-state index contributed by atoms with van der Waals surface area (Å²) in [5.41, 5.74) is 3.50. The summed E-state index contributed by atoms with van der Waals surface area (Å²) < 4.78 is 21.3. The molecule has 8 heteroatoms. The number of benzene rings is 3. The van der Waals surface area contributed by atoms with Gasteiger partial charge < -0.3 is 24.1 Å². The van der Waals surface area contributed by atoms with E-state index < -0.39 is 18.5 Å². The van der Waals surface area contributed by atoms with Crippen molar-refractivity contribution in [1.82, 2.24) is 0 Å². The third-order valence-corrected chi connectivity index (χ3v) is 6.45. The fourth-order valence-corrected chi connectivity index (χ4v) is 3.95. The van der Waals surface area contributed by atoms with Crippen molar-refractivity contribution in [2.75, 3.05) is 33.0 Å². The SMILES string of the molecule is C=CC(=O)OCCCCCCOc1ccc(C(=O)/C=C/c2ccc(-c3ccc(OCCOC(=O)C(=C)CO)cc3)cc2)cc1. The molecule has 0 atom stereocenters. The van der Waals surface area contributed by atoms with Gasteiger partial charge in [0.15, 0.2) is 5.78 Å². The molecular weight excluding hydrogens is 560 g/mol. The highest BCUT2D eigenvalue weighted by Crippen LogP contribution is 2.23. The predicted molar refractivity (Wildman–Crippen MR) is 169 cm³/mol. The first-order chi connectivity index (χ1) is 21.4. The van der Waals surface area contributed by atoms with Crippen LogP contribution in [0.2, 0.25) is 0 Å². The van der Waals surface area contributed by atoms with Crippen molar-refractivity contribution in [3.05, 3.63) is 115 Å². The minimum Gasteiger partial charge on any atom is -0.494 e. The molecule has 0 saturated carbocycles. The molecule has 8 nitrogen and oxygen atoms in total. The zero-order valence-corrected chi connectivity index (χ0v) is 24.7. The zero-order chi connectivity index (χ0) is 31.6. The molecule has 0 unspecified atom stereocenters. The van der Waals surface area contributed by atoms with E-state index in [4.69, 9.17) is 24.1 Å². The van der Waals surface area contributed by atoms with Gasteiger partial charge in [-0.15, -0.1) is 0 Å². The molecule has 3 aromatic carbocycles. The largest absolute Gasteiger partial charge is 0.494 e. The van der Waals surface area contributed by atoms with E-state index in [1.807, 2.05) is 48.5 Å². The summed E-state index contributed by atoms with van der Waals surface area (Å²) in [6.07, 6.45) is 8.13. The number of carbonyl (C=O) groups is 3. The van der Waals surface area contributed by atoms with Crippen molar-refractivity contribution in [3.63, 3.8) is 0 Å². The molecule has 0 bridgehead atoms. The number of aliphatic hydroxyl groups is 1. The second-order valence-electron chi connectivity index (χ2n) is 9.75. The van der Waals surface area contributed by atoms with Gasteiger partial charge in [-0.3, -0.25) is 4.79 Å². The van der Waals surface area contributed by atoms with E-state index in [9.17, 15) is 14.4 Å². The number of ketones is 1. The first-order valence-corrected chi connectivity index (χ1v) is 14.4. The summed E-state index contributed by atoms with van der Waals surface area (Å²) in [6.45, 7) is 7.56. The number of hydrogen-bond donors (Lipinski definition) is 1. The Bertz CT molecular complexity index is 1400. The van der Waals surface area contributed by atoms with Crippen LogP contribution in [0, 0.1) is 0 Å². The van der Waals surface area contributed by atoms with Crippen LogP contribution in [0.4, 0.5) is 0 Å². The average molecular weight is 599 g/mol. The Labute approximate surface area is 258 Å². The second-order valence-corrected chi connectivity index (χ2v) is 9.75. The van der Waals surface area contributed by atoms with Crippen molar-refractivity contribution in [2.24, 2.45) is 0 Å². The minimum atomic E-state index is -0.642. The molecule has 0 radical (unpaired) electrons. The van der Waals surface area contributed by atoms with Crippen LogP contribution in [-0.4, -0.2) is 55.9 Å². The smallest absolute Gasteiger partial charge is 0.335 e. The Morgan fingerprint density at radius 1 is 0.682 bits per heavy atom. The summed E-state index contributed by atoms with van der Waals surface area (Å²) >= 11 is 0. The van der Waals surface area contributed by atoms with Crippen LogP contribution in [0.5, 0.6) is 11.5 Å². The average Bonchev–Trinajstić information content (AvgIpc) is 3.06. The summed E-state index contributed by atoms with van der Waals surface area (Å²) in [6, 6.07) is 22.5. The summed E-state index contributed by atoms with van der Waals surface area (Å²) in [5.74, 6) is 0.224. The first-order valence-electron chi connectivity index (χ1n) is 14.4. The lowest BCUT2D eigenvalue weighted by Gasteiger charge is -2.09. The number of aliphatic hydroxyl groups excluding tert-OH is 1. The Kier molecular flexibility index (Phi) is 14.2. The van der Waals surface area contributed by atoms with E-state index in [0.717, 1.165) is 48.4 Å². The molecule has 0 saturated heterocycles. The molecule has 3 aromatic rings. The van der Waals surface area contributed by atoms with E-state index in [1.165, 1.54) is 0 Å². The molecular formula is C36H38O8. The quantitative estimate of drug-likeness (QED) is 0.0732. The van der Waals surface area contributed by atoms with Crippen molar-refractivity contribution in [1.29, 1.82) is 0 Å². The monoisotopic (exact) mass is 598 g/mol. The molecule has 0 heterocycles. The van der Waals surface area contributed by atoms with Crippen LogP contribution < -0.4 is 9.47 Å². The Morgan fingerprint density at radius 2 is 1.25 bits per heavy atom. The fourth-order valence-electron chi connectivity index (χ4n) is 3.95. The van der Waals surface area contributed by atoms with Crippen LogP contribution in [0.3, 0.4) is 0 Å². The molecule has 0 aromatic heterocycles. The van der Waals surface area contributed by atoms with Crippen LogP contribution in [0.1, 0.15) is 41.6 Å². The fraction of sp³-hybridized carbons (Fsp3) is 0.250. The molecule has 0 aliphatic carbocycles. The number of ether oxygens (including phenoxy) is 4. The number of hydrogen-bond acceptors (Lipinski definition) is 8. The maximum atomic E-state index is 12.7. The Hall–Kier alpha value is -4.95. The van der Waals surface area contributed by atoms with E-state index in [0.29, 0.717) is 30.3 Å². The lowest BCUT2D eigenvalue weighted by molar-refractivity contribution is -0.140. The lowest BCUT2D eigenvalue weighted by atomic mass is 10.0. The number of rotatable bonds is 19. The van der Waals surface area contributed by atoms with E-state index in [2.05, 4.69) is 13.2 Å². The molecule has 44 heavy (non-hydrogen) atoms. The number of allylic oxidation sites excluding steroid dienone is 1. The molecule has 0 aliphatic heterocycles. The van der Waals surface area contributed by atoms with Gasteiger partial charge in [0.2, 0.25) is 0 Å². The maximum Gasteiger partial charge on any atom is 0.335 e. The van der Waals surface area contributed by atoms with Gasteiger partial charge in [-0.25, -0.2) is 9.59 Å². The summed E-state index contributed by atoms with van der Waals surface area (Å²) in [7, 11) is 0. The molecule has 3 rings (SSSR count). The lowest BCUT2D eigenvalue weighted by Crippen LogP contribution is -2.14. The first kappa shape index (κ1) is 33.6. The summed E-state index contributed by atoms with van der Waals surface area (Å²) in [5, 5.41) is 8.87. The highest BCUT2D eigenvalue weighted by Gasteiger charge is 2.07. The molecule has 0 aliphatic rings. The number of esters is 2. The van der Waals surface area contributed by atoms with Gasteiger partial charge in [0, 0.05) is 11.6 Å². The third kappa shape index (κ3) is 11.7. The van der Waals surface area contributed by atoms with Gasteiger partial charge in [-0.2, -0.15) is 0 Å². The van der Waals surface area contributed by atoms with Crippen LogP contribution >= 0.6 is 0 Å². The van der Waals surface area contributed by atoms with Crippen LogP contribution in [0.15, 0.2) is 104 Å². The third-order valence-electron chi connectivity index (χ3n) is 6.45. The van der Waals surface area contributed by atoms with Gasteiger partial charge in [0.1, 0.15) is 24.7 Å². The van der Waals surface area contributed by atoms with Crippen molar-refractivity contribution in [3.8, 4) is 22.6 Å². The molecule has 1 N–H and O–H groups in total. The van der Waals surface area contributed by atoms with Crippen molar-refractivity contribution in [2.45, 2.75) is 25.7 Å². The van der Waals surface area contributed by atoms with E-state index >= 15 is 0 Å². The Balaban J connectivity index is 1.38. The van der Waals surface area contributed by atoms with E-state index in [1.54, 1.807) is 36.4 Å². The minimum absolute atomic E-state index is 0.00179. The normalized spacial score (nSPS) is 10.7. The number of carbonyl (C=O) groups excluding carboxylic acids is 3. The van der Waals surface area contributed by atoms with Gasteiger partial charge in [0.25, 0.3) is 0 Å². The van der Waals surface area contributed by atoms with Gasteiger partial charge in [-0.1, -0.05) is 55.6 Å². The van der Waals surface area contributed by atoms with Crippen molar-refractivity contribution >= 4 is 23.8 Å². The maximum absolute atomic E-state index is 12.7. The molecule has 0 spiro atoms. The highest BCUT2D eigenvalue weighted by molar-refractivity contribution is 6.06. The number of unbranched alkanes of at least 4 members (excludes halogenated alkanes) is 3. The Morgan fingerprint density at radius 3 is 1.86 bits per heavy atom. The van der Waals surface area contributed by atoms with Crippen LogP contribution in [0.25, 0.3) is 17.2 Å². The topological polar surface area (TPSA) is 108 Å². The predicted octanol–water partition coefficient (Wildman–Crippen LogP) is 6.39. The summed E-state index contributed by atoms with van der Waals surface area (Å²) in [4.78, 5) is 35.1. The van der Waals surface area contributed by atoms with Gasteiger partial charge in [0.05, 0.1) is 25.4 Å². The molecule has 0 amide bonds. The van der Waals surface area contributed by atoms with Crippen LogP contribution in [-0.2, 0) is 19.1 Å². The van der Waals surface area contributed by atoms with E-state index in [-0.39, 0.29) is 24.6 Å². The van der Waals surface area contributed by atoms with Gasteiger partial charge >= 0.3 is 11.9 Å².